The number of rotatable bonds is 2. The highest BCUT2D eigenvalue weighted by Gasteiger charge is 2.25. The van der Waals surface area contributed by atoms with Gasteiger partial charge in [0, 0.05) is 19.0 Å². The van der Waals surface area contributed by atoms with Gasteiger partial charge in [0.2, 0.25) is 0 Å². The molecule has 0 saturated carbocycles. The fourth-order valence-corrected chi connectivity index (χ4v) is 3.23. The van der Waals surface area contributed by atoms with Crippen LogP contribution in [0.25, 0.3) is 16.7 Å². The predicted octanol–water partition coefficient (Wildman–Crippen LogP) is 2.04. The van der Waals surface area contributed by atoms with Gasteiger partial charge in [0.25, 0.3) is 0 Å². The molecule has 0 unspecified atom stereocenters. The van der Waals surface area contributed by atoms with Gasteiger partial charge >= 0.3 is 0 Å². The Labute approximate surface area is 137 Å². The van der Waals surface area contributed by atoms with Crippen molar-refractivity contribution in [3.63, 3.8) is 0 Å². The highest BCUT2D eigenvalue weighted by atomic mass is 16.3. The minimum Gasteiger partial charge on any atom is -0.440 e. The average molecular weight is 321 g/mol. The summed E-state index contributed by atoms with van der Waals surface area (Å²) in [5, 5.41) is 15.8. The number of tetrazole rings is 1. The van der Waals surface area contributed by atoms with E-state index >= 15 is 0 Å². The summed E-state index contributed by atoms with van der Waals surface area (Å²) >= 11 is 0. The van der Waals surface area contributed by atoms with Crippen LogP contribution >= 0.6 is 0 Å². The van der Waals surface area contributed by atoms with Gasteiger partial charge in [0.05, 0.1) is 0 Å². The average Bonchev–Trinajstić information content (AvgIpc) is 3.27. The Kier molecular flexibility index (Phi) is 2.94. The van der Waals surface area contributed by atoms with Gasteiger partial charge in [0.15, 0.2) is 22.9 Å². The van der Waals surface area contributed by atoms with Crippen molar-refractivity contribution in [2.45, 2.75) is 18.8 Å². The fourth-order valence-electron chi connectivity index (χ4n) is 3.23. The van der Waals surface area contributed by atoms with Crippen molar-refractivity contribution >= 4 is 22.6 Å². The Morgan fingerprint density at radius 1 is 1.04 bits per heavy atom. The Bertz CT molecular complexity index is 957. The Morgan fingerprint density at radius 3 is 2.79 bits per heavy atom. The molecular weight excluding hydrogens is 306 g/mol. The van der Waals surface area contributed by atoms with Crippen molar-refractivity contribution in [1.82, 2.24) is 30.2 Å². The first-order valence-electron chi connectivity index (χ1n) is 8.03. The maximum absolute atomic E-state index is 5.92. The second kappa shape index (κ2) is 5.26. The number of benzene rings is 1. The first-order chi connectivity index (χ1) is 11.9. The molecule has 1 fully saturated rings. The molecule has 120 valence electrons. The topological polar surface area (TPSA) is 85.2 Å². The lowest BCUT2D eigenvalue weighted by molar-refractivity contribution is 0.406. The summed E-state index contributed by atoms with van der Waals surface area (Å²) in [7, 11) is 0. The molecule has 0 aliphatic carbocycles. The van der Waals surface area contributed by atoms with E-state index in [2.05, 4.69) is 30.5 Å². The minimum absolute atomic E-state index is 0.352. The van der Waals surface area contributed by atoms with E-state index in [1.54, 1.807) is 0 Å². The van der Waals surface area contributed by atoms with Gasteiger partial charge in [-0.2, -0.15) is 0 Å². The highest BCUT2D eigenvalue weighted by Crippen LogP contribution is 2.31. The van der Waals surface area contributed by atoms with Gasteiger partial charge in [-0.15, -0.1) is 14.8 Å². The van der Waals surface area contributed by atoms with Gasteiger partial charge in [-0.3, -0.25) is 0 Å². The van der Waals surface area contributed by atoms with Gasteiger partial charge in [0.1, 0.15) is 5.52 Å². The monoisotopic (exact) mass is 321 g/mol. The lowest BCUT2D eigenvalue weighted by Gasteiger charge is -2.31. The van der Waals surface area contributed by atoms with E-state index in [1.165, 1.54) is 4.63 Å². The van der Waals surface area contributed by atoms with E-state index in [0.29, 0.717) is 11.6 Å². The van der Waals surface area contributed by atoms with Gasteiger partial charge in [-0.25, -0.2) is 4.98 Å². The second-order valence-corrected chi connectivity index (χ2v) is 6.00. The molecule has 0 N–H and O–H groups in total. The molecule has 0 atom stereocenters. The first kappa shape index (κ1) is 13.4. The van der Waals surface area contributed by atoms with E-state index in [9.17, 15) is 0 Å². The van der Waals surface area contributed by atoms with Crippen LogP contribution < -0.4 is 4.90 Å². The van der Waals surface area contributed by atoms with Crippen molar-refractivity contribution in [3.8, 4) is 0 Å². The van der Waals surface area contributed by atoms with E-state index < -0.39 is 0 Å². The number of aromatic nitrogens is 6. The predicted molar refractivity (Wildman–Crippen MR) is 86.8 cm³/mol. The van der Waals surface area contributed by atoms with Crippen LogP contribution in [-0.4, -0.2) is 43.3 Å². The van der Waals surface area contributed by atoms with Gasteiger partial charge < -0.3 is 9.32 Å². The largest absolute Gasteiger partial charge is 0.440 e. The zero-order chi connectivity index (χ0) is 15.9. The van der Waals surface area contributed by atoms with Crippen LogP contribution in [0.5, 0.6) is 0 Å². The standard InChI is InChI=1S/C16H15N7O/c1-2-4-13-12(3-1)17-16(24-13)11-7-9-22(10-8-11)15-6-5-14-18-20-21-23(14)19-15/h1-6,11H,7-10H2. The minimum atomic E-state index is 0.352. The van der Waals surface area contributed by atoms with Crippen LogP contribution in [-0.2, 0) is 0 Å². The number of fused-ring (bicyclic) bond motifs is 2. The molecule has 1 saturated heterocycles. The van der Waals surface area contributed by atoms with E-state index in [-0.39, 0.29) is 0 Å². The van der Waals surface area contributed by atoms with Crippen LogP contribution in [0.2, 0.25) is 0 Å². The zero-order valence-electron chi connectivity index (χ0n) is 12.9. The van der Waals surface area contributed by atoms with Crippen molar-refractivity contribution in [2.24, 2.45) is 0 Å². The molecule has 1 aliphatic heterocycles. The first-order valence-corrected chi connectivity index (χ1v) is 8.03. The summed E-state index contributed by atoms with van der Waals surface area (Å²) in [6.45, 7) is 1.81. The second-order valence-electron chi connectivity index (χ2n) is 6.00. The van der Waals surface area contributed by atoms with Crippen LogP contribution in [0.4, 0.5) is 5.82 Å². The van der Waals surface area contributed by atoms with Gasteiger partial charge in [-0.1, -0.05) is 12.1 Å². The lowest BCUT2D eigenvalue weighted by atomic mass is 9.97. The summed E-state index contributed by atoms with van der Waals surface area (Å²) in [6.07, 6.45) is 1.98. The van der Waals surface area contributed by atoms with Crippen LogP contribution in [0.1, 0.15) is 24.7 Å². The number of anilines is 1. The molecule has 0 spiro atoms. The maximum Gasteiger partial charge on any atom is 0.200 e. The van der Waals surface area contributed by atoms with Crippen molar-refractivity contribution < 1.29 is 4.42 Å². The smallest absolute Gasteiger partial charge is 0.200 e. The van der Waals surface area contributed by atoms with Crippen LogP contribution in [0.15, 0.2) is 40.8 Å². The van der Waals surface area contributed by atoms with Crippen molar-refractivity contribution in [3.05, 3.63) is 42.3 Å². The van der Waals surface area contributed by atoms with Gasteiger partial charge in [-0.05, 0) is 47.5 Å². The summed E-state index contributed by atoms with van der Waals surface area (Å²) in [6, 6.07) is 11.8. The SMILES string of the molecule is c1ccc2oc(C3CCN(c4ccc5nnnn5n4)CC3)nc2c1. The fraction of sp³-hybridized carbons (Fsp3) is 0.312. The highest BCUT2D eigenvalue weighted by molar-refractivity contribution is 5.72. The molecule has 0 radical (unpaired) electrons. The number of hydrogen-bond acceptors (Lipinski definition) is 7. The third kappa shape index (κ3) is 2.18. The lowest BCUT2D eigenvalue weighted by Crippen LogP contribution is -2.33. The molecule has 5 rings (SSSR count). The summed E-state index contributed by atoms with van der Waals surface area (Å²) in [5.74, 6) is 2.09. The molecule has 4 aromatic rings. The Balaban J connectivity index is 1.34. The molecule has 1 aromatic carbocycles. The Hall–Kier alpha value is -3.03. The van der Waals surface area contributed by atoms with E-state index in [1.807, 2.05) is 36.4 Å². The molecular formula is C16H15N7O. The summed E-state index contributed by atoms with van der Waals surface area (Å²) in [5.41, 5.74) is 2.45. The molecule has 24 heavy (non-hydrogen) atoms. The van der Waals surface area contributed by atoms with Crippen molar-refractivity contribution in [2.75, 3.05) is 18.0 Å². The Morgan fingerprint density at radius 2 is 1.92 bits per heavy atom. The molecule has 8 nitrogen and oxygen atoms in total. The zero-order valence-corrected chi connectivity index (χ0v) is 12.9. The molecule has 3 aromatic heterocycles. The maximum atomic E-state index is 5.92. The van der Waals surface area contributed by atoms with E-state index in [4.69, 9.17) is 4.42 Å². The number of piperidine rings is 1. The molecule has 8 heteroatoms. The van der Waals surface area contributed by atoms with Crippen molar-refractivity contribution in [1.29, 1.82) is 0 Å². The van der Waals surface area contributed by atoms with Crippen LogP contribution in [0, 0.1) is 0 Å². The van der Waals surface area contributed by atoms with E-state index in [0.717, 1.165) is 48.7 Å². The third-order valence-electron chi connectivity index (χ3n) is 4.53. The van der Waals surface area contributed by atoms with Crippen LogP contribution in [0.3, 0.4) is 0 Å². The normalized spacial score (nSPS) is 16.2. The number of nitrogens with zero attached hydrogens (tertiary/aromatic N) is 7. The molecule has 0 amide bonds. The quantitative estimate of drug-likeness (QED) is 0.558. The third-order valence-corrected chi connectivity index (χ3v) is 4.53. The molecule has 0 bridgehead atoms. The summed E-state index contributed by atoms with van der Waals surface area (Å²) in [4.78, 5) is 6.89. The number of para-hydroxylation sites is 2. The number of hydrogen-bond donors (Lipinski definition) is 0. The summed E-state index contributed by atoms with van der Waals surface area (Å²) < 4.78 is 7.38. The molecule has 4 heterocycles. The molecule has 1 aliphatic rings. The number of oxazole rings is 1.